The van der Waals surface area contributed by atoms with Crippen LogP contribution in [0.2, 0.25) is 0 Å². The van der Waals surface area contributed by atoms with Crippen LogP contribution < -0.4 is 4.74 Å². The zero-order valence-corrected chi connectivity index (χ0v) is 10.3. The van der Waals surface area contributed by atoms with Crippen LogP contribution in [0, 0.1) is 0 Å². The minimum atomic E-state index is 0.379. The van der Waals surface area contributed by atoms with Crippen molar-refractivity contribution in [3.8, 4) is 5.75 Å². The Labute approximate surface area is 106 Å². The van der Waals surface area contributed by atoms with E-state index in [1.807, 2.05) is 30.3 Å². The summed E-state index contributed by atoms with van der Waals surface area (Å²) in [4.78, 5) is 4.49. The molecule has 1 heterocycles. The molecule has 1 fully saturated rings. The van der Waals surface area contributed by atoms with E-state index < -0.39 is 0 Å². The Bertz CT molecular complexity index is 537. The van der Waals surface area contributed by atoms with Crippen LogP contribution in [0.15, 0.2) is 30.3 Å². The molecule has 0 bridgehead atoms. The number of rotatable bonds is 3. The number of ether oxygens (including phenoxy) is 1. The fourth-order valence-corrected chi connectivity index (χ4v) is 2.17. The third-order valence-corrected chi connectivity index (χ3v) is 3.49. The second-order valence-electron chi connectivity index (χ2n) is 4.43. The van der Waals surface area contributed by atoms with Gasteiger partial charge in [0.15, 0.2) is 0 Å². The molecule has 0 amide bonds. The van der Waals surface area contributed by atoms with Crippen LogP contribution in [0.25, 0.3) is 10.9 Å². The van der Waals surface area contributed by atoms with Gasteiger partial charge in [0, 0.05) is 11.5 Å². The Morgan fingerprint density at radius 2 is 2.12 bits per heavy atom. The molecule has 88 valence electrons. The molecular formula is C14H14ClNO. The second kappa shape index (κ2) is 4.53. The van der Waals surface area contributed by atoms with Gasteiger partial charge in [-0.05, 0) is 31.4 Å². The molecule has 0 unspecified atom stereocenters. The summed E-state index contributed by atoms with van der Waals surface area (Å²) < 4.78 is 6.01. The maximum Gasteiger partial charge on any atom is 0.130 e. The average molecular weight is 248 g/mol. The molecule has 0 N–H and O–H groups in total. The number of hydrogen-bond donors (Lipinski definition) is 0. The predicted molar refractivity (Wildman–Crippen MR) is 69.6 cm³/mol. The first kappa shape index (κ1) is 10.8. The summed E-state index contributed by atoms with van der Waals surface area (Å²) in [5.74, 6) is 1.35. The van der Waals surface area contributed by atoms with E-state index in [0.29, 0.717) is 12.0 Å². The topological polar surface area (TPSA) is 22.1 Å². The maximum atomic E-state index is 6.01. The third-order valence-electron chi connectivity index (χ3n) is 3.21. The molecule has 1 aromatic heterocycles. The van der Waals surface area contributed by atoms with Crippen molar-refractivity contribution in [2.45, 2.75) is 31.2 Å². The molecular weight excluding hydrogens is 234 g/mol. The van der Waals surface area contributed by atoms with E-state index in [1.165, 1.54) is 6.42 Å². The molecule has 0 radical (unpaired) electrons. The van der Waals surface area contributed by atoms with Crippen molar-refractivity contribution >= 4 is 22.5 Å². The quantitative estimate of drug-likeness (QED) is 0.768. The lowest BCUT2D eigenvalue weighted by Crippen LogP contribution is -2.24. The standard InChI is InChI=1S/C14H14ClNO/c15-9-10-8-14(17-11-4-3-5-11)12-6-1-2-7-13(12)16-10/h1-2,6-8,11H,3-5,9H2. The summed E-state index contributed by atoms with van der Waals surface area (Å²) in [6.07, 6.45) is 3.97. The minimum absolute atomic E-state index is 0.379. The summed E-state index contributed by atoms with van der Waals surface area (Å²) in [6.45, 7) is 0. The highest BCUT2D eigenvalue weighted by Crippen LogP contribution is 2.31. The summed E-state index contributed by atoms with van der Waals surface area (Å²) in [5, 5.41) is 1.08. The number of aromatic nitrogens is 1. The molecule has 3 heteroatoms. The Hall–Kier alpha value is -1.28. The van der Waals surface area contributed by atoms with Gasteiger partial charge in [-0.1, -0.05) is 12.1 Å². The lowest BCUT2D eigenvalue weighted by Gasteiger charge is -2.27. The van der Waals surface area contributed by atoms with Gasteiger partial charge in [0.1, 0.15) is 5.75 Å². The highest BCUT2D eigenvalue weighted by atomic mass is 35.5. The highest BCUT2D eigenvalue weighted by Gasteiger charge is 2.20. The van der Waals surface area contributed by atoms with Gasteiger partial charge < -0.3 is 4.74 Å². The maximum absolute atomic E-state index is 6.01. The van der Waals surface area contributed by atoms with Crippen molar-refractivity contribution in [1.82, 2.24) is 4.98 Å². The minimum Gasteiger partial charge on any atom is -0.490 e. The first-order valence-electron chi connectivity index (χ1n) is 5.98. The second-order valence-corrected chi connectivity index (χ2v) is 4.70. The molecule has 0 saturated heterocycles. The van der Waals surface area contributed by atoms with Crippen molar-refractivity contribution < 1.29 is 4.74 Å². The molecule has 1 saturated carbocycles. The molecule has 17 heavy (non-hydrogen) atoms. The molecule has 0 aliphatic heterocycles. The van der Waals surface area contributed by atoms with Crippen LogP contribution in [-0.2, 0) is 5.88 Å². The van der Waals surface area contributed by atoms with E-state index >= 15 is 0 Å². The van der Waals surface area contributed by atoms with Gasteiger partial charge in [-0.15, -0.1) is 11.6 Å². The van der Waals surface area contributed by atoms with Crippen molar-refractivity contribution in [2.75, 3.05) is 0 Å². The van der Waals surface area contributed by atoms with E-state index in [4.69, 9.17) is 16.3 Å². The number of alkyl halides is 1. The Morgan fingerprint density at radius 1 is 1.29 bits per heavy atom. The lowest BCUT2D eigenvalue weighted by molar-refractivity contribution is 0.122. The normalized spacial score (nSPS) is 15.8. The van der Waals surface area contributed by atoms with Crippen LogP contribution in [0.1, 0.15) is 25.0 Å². The Kier molecular flexibility index (Phi) is 2.89. The molecule has 2 nitrogen and oxygen atoms in total. The smallest absolute Gasteiger partial charge is 0.130 e. The zero-order valence-electron chi connectivity index (χ0n) is 9.53. The first-order chi connectivity index (χ1) is 8.36. The van der Waals surface area contributed by atoms with Crippen molar-refractivity contribution in [2.24, 2.45) is 0 Å². The van der Waals surface area contributed by atoms with Crippen molar-refractivity contribution in [1.29, 1.82) is 0 Å². The van der Waals surface area contributed by atoms with Crippen molar-refractivity contribution in [3.63, 3.8) is 0 Å². The fraction of sp³-hybridized carbons (Fsp3) is 0.357. The summed E-state index contributed by atoms with van der Waals surface area (Å²) >= 11 is 5.87. The lowest BCUT2D eigenvalue weighted by atomic mass is 9.96. The third kappa shape index (κ3) is 2.09. The van der Waals surface area contributed by atoms with Crippen LogP contribution in [0.4, 0.5) is 0 Å². The largest absolute Gasteiger partial charge is 0.490 e. The van der Waals surface area contributed by atoms with E-state index in [-0.39, 0.29) is 0 Å². The van der Waals surface area contributed by atoms with Crippen molar-refractivity contribution in [3.05, 3.63) is 36.0 Å². The number of nitrogens with zero attached hydrogens (tertiary/aromatic N) is 1. The number of hydrogen-bond acceptors (Lipinski definition) is 2. The Balaban J connectivity index is 2.05. The average Bonchev–Trinajstić information content (AvgIpc) is 2.33. The van der Waals surface area contributed by atoms with E-state index in [1.54, 1.807) is 0 Å². The zero-order chi connectivity index (χ0) is 11.7. The molecule has 0 spiro atoms. The van der Waals surface area contributed by atoms with Crippen LogP contribution in [-0.4, -0.2) is 11.1 Å². The van der Waals surface area contributed by atoms with Gasteiger partial charge in [0.25, 0.3) is 0 Å². The number of fused-ring (bicyclic) bond motifs is 1. The van der Waals surface area contributed by atoms with Gasteiger partial charge in [-0.3, -0.25) is 4.98 Å². The number of halogens is 1. The van der Waals surface area contributed by atoms with E-state index in [2.05, 4.69) is 4.98 Å². The van der Waals surface area contributed by atoms with Crippen LogP contribution in [0.5, 0.6) is 5.75 Å². The SMILES string of the molecule is ClCc1cc(OC2CCC2)c2ccccc2n1. The van der Waals surface area contributed by atoms with Gasteiger partial charge in [0.05, 0.1) is 23.2 Å². The molecule has 1 aromatic carbocycles. The summed E-state index contributed by atoms with van der Waals surface area (Å²) in [5.41, 5.74) is 1.83. The predicted octanol–water partition coefficient (Wildman–Crippen LogP) is 3.90. The van der Waals surface area contributed by atoms with E-state index in [9.17, 15) is 0 Å². The number of pyridine rings is 1. The molecule has 3 rings (SSSR count). The van der Waals surface area contributed by atoms with Crippen LogP contribution >= 0.6 is 11.6 Å². The highest BCUT2D eigenvalue weighted by molar-refractivity contribution is 6.17. The number of para-hydroxylation sites is 1. The van der Waals surface area contributed by atoms with Gasteiger partial charge in [-0.2, -0.15) is 0 Å². The monoisotopic (exact) mass is 247 g/mol. The van der Waals surface area contributed by atoms with Gasteiger partial charge in [0.2, 0.25) is 0 Å². The summed E-state index contributed by atoms with van der Waals surface area (Å²) in [6, 6.07) is 10.0. The fourth-order valence-electron chi connectivity index (χ4n) is 2.03. The molecule has 1 aliphatic carbocycles. The summed E-state index contributed by atoms with van der Waals surface area (Å²) in [7, 11) is 0. The number of benzene rings is 1. The van der Waals surface area contributed by atoms with Gasteiger partial charge >= 0.3 is 0 Å². The first-order valence-corrected chi connectivity index (χ1v) is 6.51. The Morgan fingerprint density at radius 3 is 2.82 bits per heavy atom. The molecule has 0 atom stereocenters. The van der Waals surface area contributed by atoms with Gasteiger partial charge in [-0.25, -0.2) is 0 Å². The van der Waals surface area contributed by atoms with Crippen LogP contribution in [0.3, 0.4) is 0 Å². The van der Waals surface area contributed by atoms with E-state index in [0.717, 1.165) is 35.2 Å². The molecule has 2 aromatic rings. The molecule has 1 aliphatic rings.